The minimum atomic E-state index is -0.236. The Morgan fingerprint density at radius 3 is 2.89 bits per heavy atom. The van der Waals surface area contributed by atoms with Gasteiger partial charge in [0, 0.05) is 17.8 Å². The molecule has 1 heterocycles. The van der Waals surface area contributed by atoms with Crippen molar-refractivity contribution in [2.45, 2.75) is 32.6 Å². The third-order valence-corrected chi connectivity index (χ3v) is 3.33. The van der Waals surface area contributed by atoms with Crippen molar-refractivity contribution in [1.29, 1.82) is 0 Å². The Balaban J connectivity index is 2.27. The van der Waals surface area contributed by atoms with Gasteiger partial charge in [-0.2, -0.15) is 0 Å². The van der Waals surface area contributed by atoms with Crippen molar-refractivity contribution in [1.82, 2.24) is 9.97 Å². The number of methoxy groups -OCH3 is 1. The summed E-state index contributed by atoms with van der Waals surface area (Å²) in [6, 6.07) is 0. The summed E-state index contributed by atoms with van der Waals surface area (Å²) in [7, 11) is 1.41. The van der Waals surface area contributed by atoms with Gasteiger partial charge in [-0.05, 0) is 32.6 Å². The standard InChI is InChI=1S/C13H19N3O2/c1-3-16(8-12(17)18-2)13-10-6-4-5-7-11(10)14-9-15-13/h9H,3-8H2,1-2H3. The summed E-state index contributed by atoms with van der Waals surface area (Å²) in [6.07, 6.45) is 5.97. The SMILES string of the molecule is CCN(CC(=O)OC)c1ncnc2c1CCCC2. The molecule has 18 heavy (non-hydrogen) atoms. The Morgan fingerprint density at radius 2 is 2.17 bits per heavy atom. The first-order valence-electron chi connectivity index (χ1n) is 6.40. The lowest BCUT2D eigenvalue weighted by molar-refractivity contribution is -0.138. The van der Waals surface area contributed by atoms with Crippen LogP contribution in [-0.2, 0) is 22.4 Å². The van der Waals surface area contributed by atoms with E-state index in [1.165, 1.54) is 25.5 Å². The normalized spacial score (nSPS) is 13.9. The third-order valence-electron chi connectivity index (χ3n) is 3.33. The maximum absolute atomic E-state index is 11.4. The molecule has 0 aliphatic heterocycles. The molecule has 0 saturated heterocycles. The molecule has 1 aliphatic rings. The molecule has 0 N–H and O–H groups in total. The number of ether oxygens (including phenoxy) is 1. The summed E-state index contributed by atoms with van der Waals surface area (Å²) in [6.45, 7) is 3.00. The van der Waals surface area contributed by atoms with E-state index >= 15 is 0 Å². The number of aryl methyl sites for hydroxylation is 1. The average molecular weight is 249 g/mol. The Kier molecular flexibility index (Phi) is 4.12. The molecule has 1 aromatic rings. The molecule has 0 aromatic carbocycles. The molecule has 5 heteroatoms. The van der Waals surface area contributed by atoms with E-state index < -0.39 is 0 Å². The zero-order valence-electron chi connectivity index (χ0n) is 11.0. The highest BCUT2D eigenvalue weighted by Crippen LogP contribution is 2.26. The third kappa shape index (κ3) is 2.60. The highest BCUT2D eigenvalue weighted by Gasteiger charge is 2.20. The van der Waals surface area contributed by atoms with Crippen molar-refractivity contribution in [2.24, 2.45) is 0 Å². The van der Waals surface area contributed by atoms with Crippen LogP contribution in [0.5, 0.6) is 0 Å². The fourth-order valence-corrected chi connectivity index (χ4v) is 2.33. The number of hydrogen-bond donors (Lipinski definition) is 0. The molecule has 1 aliphatic carbocycles. The van der Waals surface area contributed by atoms with Crippen LogP contribution in [0.15, 0.2) is 6.33 Å². The van der Waals surface area contributed by atoms with Crippen molar-refractivity contribution in [2.75, 3.05) is 25.1 Å². The van der Waals surface area contributed by atoms with Gasteiger partial charge >= 0.3 is 5.97 Å². The van der Waals surface area contributed by atoms with Gasteiger partial charge in [0.25, 0.3) is 0 Å². The number of carbonyl (C=O) groups is 1. The summed E-state index contributed by atoms with van der Waals surface area (Å²) in [5.41, 5.74) is 2.34. The Labute approximate surface area is 107 Å². The molecule has 0 amide bonds. The molecule has 2 rings (SSSR count). The molecule has 5 nitrogen and oxygen atoms in total. The molecule has 1 aromatic heterocycles. The van der Waals surface area contributed by atoms with Crippen molar-refractivity contribution >= 4 is 11.8 Å². The van der Waals surface area contributed by atoms with Crippen LogP contribution in [-0.4, -0.2) is 36.1 Å². The first-order chi connectivity index (χ1) is 8.76. The van der Waals surface area contributed by atoms with Crippen LogP contribution >= 0.6 is 0 Å². The van der Waals surface area contributed by atoms with Crippen LogP contribution < -0.4 is 4.90 Å². The number of fused-ring (bicyclic) bond motifs is 1. The number of anilines is 1. The van der Waals surface area contributed by atoms with Crippen LogP contribution in [0.2, 0.25) is 0 Å². The molecule has 98 valence electrons. The second-order valence-corrected chi connectivity index (χ2v) is 4.42. The van der Waals surface area contributed by atoms with Gasteiger partial charge in [0.15, 0.2) is 0 Å². The lowest BCUT2D eigenvalue weighted by Crippen LogP contribution is -2.32. The fourth-order valence-electron chi connectivity index (χ4n) is 2.33. The number of esters is 1. The van der Waals surface area contributed by atoms with Crippen molar-refractivity contribution in [3.05, 3.63) is 17.6 Å². The molecular weight excluding hydrogens is 230 g/mol. The molecule has 0 fully saturated rings. The second-order valence-electron chi connectivity index (χ2n) is 4.42. The Morgan fingerprint density at radius 1 is 1.39 bits per heavy atom. The van der Waals surface area contributed by atoms with E-state index in [1.807, 2.05) is 11.8 Å². The van der Waals surface area contributed by atoms with Crippen molar-refractivity contribution in [3.8, 4) is 0 Å². The average Bonchev–Trinajstić information content (AvgIpc) is 2.44. The zero-order valence-corrected chi connectivity index (χ0v) is 11.0. The zero-order chi connectivity index (χ0) is 13.0. The number of carbonyl (C=O) groups excluding carboxylic acids is 1. The highest BCUT2D eigenvalue weighted by atomic mass is 16.5. The molecule has 0 spiro atoms. The summed E-state index contributed by atoms with van der Waals surface area (Å²) < 4.78 is 4.72. The van der Waals surface area contributed by atoms with Crippen LogP contribution in [0, 0.1) is 0 Å². The van der Waals surface area contributed by atoms with E-state index in [2.05, 4.69) is 9.97 Å². The minimum absolute atomic E-state index is 0.236. The van der Waals surface area contributed by atoms with Gasteiger partial charge in [0.1, 0.15) is 18.7 Å². The van der Waals surface area contributed by atoms with Crippen LogP contribution in [0.1, 0.15) is 31.0 Å². The Hall–Kier alpha value is -1.65. The van der Waals surface area contributed by atoms with Gasteiger partial charge in [-0.25, -0.2) is 9.97 Å². The first kappa shape index (κ1) is 12.8. The Bertz CT molecular complexity index is 434. The predicted octanol–water partition coefficient (Wildman–Crippen LogP) is 1.35. The van der Waals surface area contributed by atoms with Gasteiger partial charge in [0.2, 0.25) is 0 Å². The predicted molar refractivity (Wildman–Crippen MR) is 68.6 cm³/mol. The lowest BCUT2D eigenvalue weighted by Gasteiger charge is -2.25. The van der Waals surface area contributed by atoms with Crippen LogP contribution in [0.3, 0.4) is 0 Å². The van der Waals surface area contributed by atoms with Crippen molar-refractivity contribution in [3.63, 3.8) is 0 Å². The monoisotopic (exact) mass is 249 g/mol. The molecule has 0 atom stereocenters. The maximum atomic E-state index is 11.4. The minimum Gasteiger partial charge on any atom is -0.468 e. The first-order valence-corrected chi connectivity index (χ1v) is 6.40. The van der Waals surface area contributed by atoms with E-state index in [1.54, 1.807) is 6.33 Å². The van der Waals surface area contributed by atoms with Gasteiger partial charge in [-0.3, -0.25) is 4.79 Å². The van der Waals surface area contributed by atoms with Crippen LogP contribution in [0.4, 0.5) is 5.82 Å². The van der Waals surface area contributed by atoms with Gasteiger partial charge < -0.3 is 9.64 Å². The van der Waals surface area contributed by atoms with E-state index in [0.717, 1.165) is 30.9 Å². The fraction of sp³-hybridized carbons (Fsp3) is 0.615. The number of likely N-dealkylation sites (N-methyl/N-ethyl adjacent to an activating group) is 1. The molecule has 0 saturated carbocycles. The van der Waals surface area contributed by atoms with Gasteiger partial charge in [0.05, 0.1) is 7.11 Å². The molecule has 0 radical (unpaired) electrons. The van der Waals surface area contributed by atoms with E-state index in [4.69, 9.17) is 4.74 Å². The second kappa shape index (κ2) is 5.80. The number of aromatic nitrogens is 2. The highest BCUT2D eigenvalue weighted by molar-refractivity contribution is 5.75. The van der Waals surface area contributed by atoms with Crippen molar-refractivity contribution < 1.29 is 9.53 Å². The number of nitrogens with zero attached hydrogens (tertiary/aromatic N) is 3. The number of hydrogen-bond acceptors (Lipinski definition) is 5. The topological polar surface area (TPSA) is 55.3 Å². The number of rotatable bonds is 4. The summed E-state index contributed by atoms with van der Waals surface area (Å²) in [5, 5.41) is 0. The van der Waals surface area contributed by atoms with E-state index in [9.17, 15) is 4.79 Å². The molecule has 0 unspecified atom stereocenters. The maximum Gasteiger partial charge on any atom is 0.325 e. The largest absolute Gasteiger partial charge is 0.468 e. The lowest BCUT2D eigenvalue weighted by atomic mass is 9.96. The quantitative estimate of drug-likeness (QED) is 0.754. The van der Waals surface area contributed by atoms with E-state index in [-0.39, 0.29) is 12.5 Å². The summed E-state index contributed by atoms with van der Waals surface area (Å²) >= 11 is 0. The summed E-state index contributed by atoms with van der Waals surface area (Å²) in [4.78, 5) is 22.1. The van der Waals surface area contributed by atoms with E-state index in [0.29, 0.717) is 0 Å². The summed E-state index contributed by atoms with van der Waals surface area (Å²) in [5.74, 6) is 0.660. The van der Waals surface area contributed by atoms with Gasteiger partial charge in [-0.15, -0.1) is 0 Å². The van der Waals surface area contributed by atoms with Gasteiger partial charge in [-0.1, -0.05) is 0 Å². The molecular formula is C13H19N3O2. The van der Waals surface area contributed by atoms with Crippen LogP contribution in [0.25, 0.3) is 0 Å². The smallest absolute Gasteiger partial charge is 0.325 e. The molecule has 0 bridgehead atoms.